The second-order valence-electron chi connectivity index (χ2n) is 5.84. The smallest absolute Gasteiger partial charge is 0.135 e. The van der Waals surface area contributed by atoms with E-state index in [1.807, 2.05) is 55.7 Å². The van der Waals surface area contributed by atoms with Crippen LogP contribution in [0, 0.1) is 0 Å². The van der Waals surface area contributed by atoms with Crippen LogP contribution in [0.1, 0.15) is 22.6 Å². The molecule has 0 radical (unpaired) electrons. The molecular formula is C19H16Cl2N4. The van der Waals surface area contributed by atoms with E-state index in [1.54, 1.807) is 0 Å². The van der Waals surface area contributed by atoms with Gasteiger partial charge in [-0.3, -0.25) is 9.56 Å². The minimum atomic E-state index is 0.483. The minimum Gasteiger partial charge on any atom is -0.314 e. The number of rotatable bonds is 3. The highest BCUT2D eigenvalue weighted by molar-refractivity contribution is 6.36. The summed E-state index contributed by atoms with van der Waals surface area (Å²) >= 11 is 12.7. The second kappa shape index (κ2) is 6.64. The van der Waals surface area contributed by atoms with E-state index in [2.05, 4.69) is 14.9 Å². The number of nitrogens with one attached hydrogen (secondary N) is 1. The Bertz CT molecular complexity index is 975. The molecule has 4 rings (SSSR count). The molecule has 2 aromatic carbocycles. The first-order valence-corrected chi connectivity index (χ1v) is 8.74. The molecule has 0 spiro atoms. The van der Waals surface area contributed by atoms with Gasteiger partial charge in [0.2, 0.25) is 0 Å². The van der Waals surface area contributed by atoms with E-state index in [-0.39, 0.29) is 0 Å². The van der Waals surface area contributed by atoms with E-state index < -0.39 is 0 Å². The summed E-state index contributed by atoms with van der Waals surface area (Å²) in [4.78, 5) is 9.38. The molecule has 0 amide bonds. The minimum absolute atomic E-state index is 0.483. The molecule has 126 valence electrons. The maximum Gasteiger partial charge on any atom is 0.135 e. The van der Waals surface area contributed by atoms with Crippen molar-refractivity contribution >= 4 is 28.9 Å². The van der Waals surface area contributed by atoms with Crippen molar-refractivity contribution in [3.05, 3.63) is 81.4 Å². The van der Waals surface area contributed by atoms with E-state index in [1.165, 1.54) is 0 Å². The van der Waals surface area contributed by atoms with Crippen molar-refractivity contribution in [2.45, 2.75) is 13.1 Å². The number of nitrogens with zero attached hydrogens (tertiary/aromatic N) is 3. The fraction of sp³-hybridized carbons (Fsp3) is 0.158. The summed E-state index contributed by atoms with van der Waals surface area (Å²) in [7, 11) is 1.92. The van der Waals surface area contributed by atoms with Crippen molar-refractivity contribution < 1.29 is 0 Å². The normalized spacial score (nSPS) is 13.0. The third-order valence-electron chi connectivity index (χ3n) is 4.23. The summed E-state index contributed by atoms with van der Waals surface area (Å²) in [5.74, 6) is 0.899. The monoisotopic (exact) mass is 370 g/mol. The molecule has 0 saturated carbocycles. The molecule has 0 fully saturated rings. The van der Waals surface area contributed by atoms with Crippen molar-refractivity contribution in [1.29, 1.82) is 0 Å². The Morgan fingerprint density at radius 1 is 1.12 bits per heavy atom. The number of imidazole rings is 1. The summed E-state index contributed by atoms with van der Waals surface area (Å²) in [5, 5.41) is 4.52. The SMILES string of the molecule is CNCc1cnc2n1-c1ccc(Cl)cc1C(c1ccccc1Cl)=NC2. The van der Waals surface area contributed by atoms with Crippen molar-refractivity contribution in [3.63, 3.8) is 0 Å². The number of aliphatic imine (C=N–C) groups is 1. The van der Waals surface area contributed by atoms with Crippen LogP contribution in [-0.4, -0.2) is 22.3 Å². The third-order valence-corrected chi connectivity index (χ3v) is 4.79. The molecule has 25 heavy (non-hydrogen) atoms. The van der Waals surface area contributed by atoms with Gasteiger partial charge in [0.1, 0.15) is 5.82 Å². The summed E-state index contributed by atoms with van der Waals surface area (Å²) in [6.07, 6.45) is 1.89. The van der Waals surface area contributed by atoms with Crippen molar-refractivity contribution in [1.82, 2.24) is 14.9 Å². The number of hydrogen-bond acceptors (Lipinski definition) is 3. The molecular weight excluding hydrogens is 355 g/mol. The fourth-order valence-electron chi connectivity index (χ4n) is 3.15. The van der Waals surface area contributed by atoms with E-state index >= 15 is 0 Å². The maximum atomic E-state index is 6.44. The summed E-state index contributed by atoms with van der Waals surface area (Å²) in [6.45, 7) is 1.20. The molecule has 3 aromatic rings. The van der Waals surface area contributed by atoms with E-state index in [4.69, 9.17) is 28.2 Å². The zero-order valence-corrected chi connectivity index (χ0v) is 15.1. The first-order valence-electron chi connectivity index (χ1n) is 7.99. The zero-order valence-electron chi connectivity index (χ0n) is 13.6. The predicted molar refractivity (Wildman–Crippen MR) is 102 cm³/mol. The van der Waals surface area contributed by atoms with Crippen molar-refractivity contribution in [2.75, 3.05) is 7.05 Å². The highest BCUT2D eigenvalue weighted by atomic mass is 35.5. The van der Waals surface area contributed by atoms with Crippen LogP contribution in [0.25, 0.3) is 5.69 Å². The number of aromatic nitrogens is 2. The van der Waals surface area contributed by atoms with Gasteiger partial charge in [0, 0.05) is 27.7 Å². The van der Waals surface area contributed by atoms with Crippen LogP contribution in [0.3, 0.4) is 0 Å². The quantitative estimate of drug-likeness (QED) is 0.748. The van der Waals surface area contributed by atoms with Gasteiger partial charge in [0.25, 0.3) is 0 Å². The highest BCUT2D eigenvalue weighted by Crippen LogP contribution is 2.30. The van der Waals surface area contributed by atoms with Crippen molar-refractivity contribution in [2.24, 2.45) is 4.99 Å². The number of benzene rings is 2. The molecule has 4 nitrogen and oxygen atoms in total. The lowest BCUT2D eigenvalue weighted by Crippen LogP contribution is -2.13. The van der Waals surface area contributed by atoms with Crippen LogP contribution in [0.4, 0.5) is 0 Å². The Hall–Kier alpha value is -2.14. The van der Waals surface area contributed by atoms with Gasteiger partial charge in [-0.05, 0) is 31.3 Å². The van der Waals surface area contributed by atoms with E-state index in [9.17, 15) is 0 Å². The van der Waals surface area contributed by atoms with Gasteiger partial charge in [0.15, 0.2) is 0 Å². The Morgan fingerprint density at radius 3 is 2.76 bits per heavy atom. The topological polar surface area (TPSA) is 42.2 Å². The summed E-state index contributed by atoms with van der Waals surface area (Å²) < 4.78 is 2.15. The van der Waals surface area contributed by atoms with Gasteiger partial charge >= 0.3 is 0 Å². The molecule has 6 heteroatoms. The molecule has 0 bridgehead atoms. The van der Waals surface area contributed by atoms with Gasteiger partial charge in [0.05, 0.1) is 29.8 Å². The fourth-order valence-corrected chi connectivity index (χ4v) is 3.55. The lowest BCUT2D eigenvalue weighted by atomic mass is 10.0. The Morgan fingerprint density at radius 2 is 1.96 bits per heavy atom. The number of halogens is 2. The number of fused-ring (bicyclic) bond motifs is 3. The standard InChI is InChI=1S/C19H16Cl2N4/c1-22-9-13-10-23-18-11-24-19(14-4-2-3-5-16(14)21)15-8-12(20)6-7-17(15)25(13)18/h2-8,10,22H,9,11H2,1H3. The average molecular weight is 371 g/mol. The lowest BCUT2D eigenvalue weighted by Gasteiger charge is -2.15. The maximum absolute atomic E-state index is 6.44. The van der Waals surface area contributed by atoms with Crippen LogP contribution in [-0.2, 0) is 13.1 Å². The van der Waals surface area contributed by atoms with Crippen LogP contribution in [0.2, 0.25) is 10.0 Å². The molecule has 1 N–H and O–H groups in total. The second-order valence-corrected chi connectivity index (χ2v) is 6.68. The Kier molecular flexibility index (Phi) is 4.34. The van der Waals surface area contributed by atoms with Gasteiger partial charge in [-0.1, -0.05) is 41.4 Å². The third kappa shape index (κ3) is 2.86. The average Bonchev–Trinajstić information content (AvgIpc) is 2.92. The van der Waals surface area contributed by atoms with E-state index in [0.29, 0.717) is 16.6 Å². The van der Waals surface area contributed by atoms with Crippen LogP contribution < -0.4 is 5.32 Å². The molecule has 0 atom stereocenters. The summed E-state index contributed by atoms with van der Waals surface area (Å²) in [6, 6.07) is 13.6. The largest absolute Gasteiger partial charge is 0.314 e. The van der Waals surface area contributed by atoms with Crippen LogP contribution in [0.5, 0.6) is 0 Å². The highest BCUT2D eigenvalue weighted by Gasteiger charge is 2.22. The van der Waals surface area contributed by atoms with Gasteiger partial charge in [-0.25, -0.2) is 4.98 Å². The van der Waals surface area contributed by atoms with Crippen LogP contribution in [0.15, 0.2) is 53.7 Å². The van der Waals surface area contributed by atoms with Gasteiger partial charge < -0.3 is 5.32 Å². The van der Waals surface area contributed by atoms with Gasteiger partial charge in [-0.2, -0.15) is 0 Å². The lowest BCUT2D eigenvalue weighted by molar-refractivity contribution is 0.751. The van der Waals surface area contributed by atoms with Crippen LogP contribution >= 0.6 is 23.2 Å². The van der Waals surface area contributed by atoms with Gasteiger partial charge in [-0.15, -0.1) is 0 Å². The zero-order chi connectivity index (χ0) is 17.4. The Labute approximate surface area is 156 Å². The Balaban J connectivity index is 1.98. The molecule has 1 aromatic heterocycles. The molecule has 2 heterocycles. The molecule has 0 unspecified atom stereocenters. The molecule has 0 aliphatic carbocycles. The van der Waals surface area contributed by atoms with E-state index in [0.717, 1.165) is 40.6 Å². The predicted octanol–water partition coefficient (Wildman–Crippen LogP) is 4.25. The molecule has 0 saturated heterocycles. The molecule has 1 aliphatic heterocycles. The first-order chi connectivity index (χ1) is 12.2. The number of hydrogen-bond donors (Lipinski definition) is 1. The first kappa shape index (κ1) is 16.3. The van der Waals surface area contributed by atoms with Crippen molar-refractivity contribution in [3.8, 4) is 5.69 Å². The summed E-state index contributed by atoms with van der Waals surface area (Å²) in [5.41, 5.74) is 4.78. The molecule has 1 aliphatic rings.